The summed E-state index contributed by atoms with van der Waals surface area (Å²) in [6, 6.07) is 7.45. The Balaban J connectivity index is 1.89. The molecular weight excluding hydrogens is 242 g/mol. The Kier molecular flexibility index (Phi) is 4.93. The second-order valence-electron chi connectivity index (χ2n) is 5.12. The third-order valence-electron chi connectivity index (χ3n) is 3.52. The lowest BCUT2D eigenvalue weighted by atomic mass is 10.1. The minimum absolute atomic E-state index is 0.334. The van der Waals surface area contributed by atoms with Gasteiger partial charge in [-0.1, -0.05) is 12.1 Å². The van der Waals surface area contributed by atoms with E-state index in [2.05, 4.69) is 0 Å². The second kappa shape index (κ2) is 6.68. The van der Waals surface area contributed by atoms with Crippen molar-refractivity contribution < 1.29 is 14.6 Å². The van der Waals surface area contributed by atoms with E-state index in [1.165, 1.54) is 0 Å². The Labute approximate surface area is 113 Å². The molecule has 1 aromatic rings. The van der Waals surface area contributed by atoms with Gasteiger partial charge in [0.15, 0.2) is 0 Å². The smallest absolute Gasteiger partial charge is 0.133 e. The van der Waals surface area contributed by atoms with Crippen molar-refractivity contribution >= 4 is 5.78 Å². The fourth-order valence-corrected chi connectivity index (χ4v) is 2.38. The van der Waals surface area contributed by atoms with E-state index in [-0.39, 0.29) is 0 Å². The topological polar surface area (TPSA) is 72.6 Å². The number of hydrogen-bond acceptors (Lipinski definition) is 4. The molecule has 2 atom stereocenters. The summed E-state index contributed by atoms with van der Waals surface area (Å²) < 4.78 is 5.71. The van der Waals surface area contributed by atoms with Crippen molar-refractivity contribution in [3.05, 3.63) is 29.8 Å². The van der Waals surface area contributed by atoms with Crippen LogP contribution in [0.5, 0.6) is 5.75 Å². The molecule has 2 rings (SSSR count). The summed E-state index contributed by atoms with van der Waals surface area (Å²) in [6.07, 6.45) is 2.25. The number of ether oxygens (including phenoxy) is 1. The van der Waals surface area contributed by atoms with Gasteiger partial charge in [-0.25, -0.2) is 0 Å². The predicted molar refractivity (Wildman–Crippen MR) is 72.9 cm³/mol. The molecular formula is C15H21NO3. The number of rotatable bonds is 6. The van der Waals surface area contributed by atoms with Crippen LogP contribution in [0.2, 0.25) is 0 Å². The van der Waals surface area contributed by atoms with Crippen LogP contribution in [0.1, 0.15) is 37.4 Å². The van der Waals surface area contributed by atoms with Crippen molar-refractivity contribution in [2.45, 2.75) is 31.8 Å². The van der Waals surface area contributed by atoms with Gasteiger partial charge in [0.05, 0.1) is 12.7 Å². The Morgan fingerprint density at radius 2 is 2.32 bits per heavy atom. The SMILES string of the molecule is NCC[C@@H](O)c1cccc(OCC2CCC(=O)C2)c1. The van der Waals surface area contributed by atoms with E-state index in [1.54, 1.807) is 0 Å². The number of carbonyl (C=O) groups excluding carboxylic acids is 1. The Bertz CT molecular complexity index is 433. The molecule has 3 N–H and O–H groups in total. The van der Waals surface area contributed by atoms with Gasteiger partial charge in [0, 0.05) is 18.8 Å². The molecule has 0 amide bonds. The average Bonchev–Trinajstić information content (AvgIpc) is 2.83. The number of nitrogens with two attached hydrogens (primary N) is 1. The van der Waals surface area contributed by atoms with E-state index in [4.69, 9.17) is 10.5 Å². The van der Waals surface area contributed by atoms with Gasteiger partial charge in [-0.05, 0) is 37.1 Å². The van der Waals surface area contributed by atoms with Crippen LogP contribution < -0.4 is 10.5 Å². The van der Waals surface area contributed by atoms with Crippen LogP contribution in [0.15, 0.2) is 24.3 Å². The fourth-order valence-electron chi connectivity index (χ4n) is 2.38. The predicted octanol–water partition coefficient (Wildman–Crippen LogP) is 1.82. The van der Waals surface area contributed by atoms with E-state index in [0.29, 0.717) is 44.1 Å². The van der Waals surface area contributed by atoms with Gasteiger partial charge in [0.25, 0.3) is 0 Å². The summed E-state index contributed by atoms with van der Waals surface area (Å²) in [7, 11) is 0. The first-order chi connectivity index (χ1) is 9.19. The van der Waals surface area contributed by atoms with Gasteiger partial charge in [-0.2, -0.15) is 0 Å². The van der Waals surface area contributed by atoms with Crippen molar-refractivity contribution in [2.75, 3.05) is 13.2 Å². The number of hydrogen-bond donors (Lipinski definition) is 2. The molecule has 1 aliphatic carbocycles. The highest BCUT2D eigenvalue weighted by Gasteiger charge is 2.22. The molecule has 0 saturated heterocycles. The van der Waals surface area contributed by atoms with Crippen molar-refractivity contribution in [1.29, 1.82) is 0 Å². The molecule has 4 heteroatoms. The molecule has 0 aliphatic heterocycles. The van der Waals surface area contributed by atoms with Gasteiger partial charge < -0.3 is 15.6 Å². The Morgan fingerprint density at radius 3 is 3.00 bits per heavy atom. The molecule has 4 nitrogen and oxygen atoms in total. The minimum atomic E-state index is -0.540. The first-order valence-electron chi connectivity index (χ1n) is 6.81. The zero-order valence-electron chi connectivity index (χ0n) is 11.0. The minimum Gasteiger partial charge on any atom is -0.493 e. The second-order valence-corrected chi connectivity index (χ2v) is 5.12. The van der Waals surface area contributed by atoms with Crippen LogP contribution in [0.25, 0.3) is 0 Å². The first kappa shape index (κ1) is 14.0. The highest BCUT2D eigenvalue weighted by molar-refractivity contribution is 5.80. The van der Waals surface area contributed by atoms with Gasteiger partial charge in [-0.15, -0.1) is 0 Å². The van der Waals surface area contributed by atoms with Crippen LogP contribution >= 0.6 is 0 Å². The maximum atomic E-state index is 11.2. The molecule has 0 spiro atoms. The van der Waals surface area contributed by atoms with E-state index in [9.17, 15) is 9.90 Å². The van der Waals surface area contributed by atoms with Crippen LogP contribution in [0.3, 0.4) is 0 Å². The molecule has 0 aromatic heterocycles. The molecule has 1 fully saturated rings. The number of benzene rings is 1. The normalized spacial score (nSPS) is 20.5. The number of carbonyl (C=O) groups is 1. The number of ketones is 1. The van der Waals surface area contributed by atoms with Crippen molar-refractivity contribution in [1.82, 2.24) is 0 Å². The summed E-state index contributed by atoms with van der Waals surface area (Å²) in [4.78, 5) is 11.2. The molecule has 0 heterocycles. The molecule has 1 aliphatic rings. The quantitative estimate of drug-likeness (QED) is 0.821. The van der Waals surface area contributed by atoms with Crippen molar-refractivity contribution in [2.24, 2.45) is 11.7 Å². The van der Waals surface area contributed by atoms with E-state index < -0.39 is 6.10 Å². The number of aliphatic hydroxyl groups excluding tert-OH is 1. The molecule has 1 unspecified atom stereocenters. The zero-order chi connectivity index (χ0) is 13.7. The molecule has 0 bridgehead atoms. The van der Waals surface area contributed by atoms with Crippen LogP contribution in [0, 0.1) is 5.92 Å². The lowest BCUT2D eigenvalue weighted by Crippen LogP contribution is -2.10. The summed E-state index contributed by atoms with van der Waals surface area (Å²) in [5.74, 6) is 1.42. The first-order valence-corrected chi connectivity index (χ1v) is 6.81. The lowest BCUT2D eigenvalue weighted by Gasteiger charge is -2.14. The third-order valence-corrected chi connectivity index (χ3v) is 3.52. The van der Waals surface area contributed by atoms with E-state index in [0.717, 1.165) is 17.7 Å². The number of aliphatic hydroxyl groups is 1. The van der Waals surface area contributed by atoms with Gasteiger partial charge in [0.2, 0.25) is 0 Å². The average molecular weight is 263 g/mol. The van der Waals surface area contributed by atoms with E-state index in [1.807, 2.05) is 24.3 Å². The number of Topliss-reactive ketones (excluding diaryl/α,β-unsaturated/α-hetero) is 1. The van der Waals surface area contributed by atoms with E-state index >= 15 is 0 Å². The van der Waals surface area contributed by atoms with Crippen LogP contribution in [-0.2, 0) is 4.79 Å². The maximum Gasteiger partial charge on any atom is 0.133 e. The zero-order valence-corrected chi connectivity index (χ0v) is 11.0. The summed E-state index contributed by atoms with van der Waals surface area (Å²) in [5, 5.41) is 9.88. The summed E-state index contributed by atoms with van der Waals surface area (Å²) >= 11 is 0. The summed E-state index contributed by atoms with van der Waals surface area (Å²) in [6.45, 7) is 1.03. The standard InChI is InChI=1S/C15H21NO3/c16-7-6-15(18)12-2-1-3-14(9-12)19-10-11-4-5-13(17)8-11/h1-3,9,11,15,18H,4-8,10,16H2/t11?,15-/m1/s1. The monoisotopic (exact) mass is 263 g/mol. The maximum absolute atomic E-state index is 11.2. The van der Waals surface area contributed by atoms with Gasteiger partial charge in [-0.3, -0.25) is 4.79 Å². The highest BCUT2D eigenvalue weighted by atomic mass is 16.5. The van der Waals surface area contributed by atoms with Crippen LogP contribution in [-0.4, -0.2) is 24.0 Å². The van der Waals surface area contributed by atoms with Crippen LogP contribution in [0.4, 0.5) is 0 Å². The molecule has 1 saturated carbocycles. The lowest BCUT2D eigenvalue weighted by molar-refractivity contribution is -0.117. The largest absolute Gasteiger partial charge is 0.493 e. The third kappa shape index (κ3) is 4.04. The Hall–Kier alpha value is -1.39. The van der Waals surface area contributed by atoms with Gasteiger partial charge >= 0.3 is 0 Å². The molecule has 104 valence electrons. The van der Waals surface area contributed by atoms with Crippen molar-refractivity contribution in [3.63, 3.8) is 0 Å². The van der Waals surface area contributed by atoms with Crippen molar-refractivity contribution in [3.8, 4) is 5.75 Å². The summed E-state index contributed by atoms with van der Waals surface area (Å²) in [5.41, 5.74) is 6.26. The van der Waals surface area contributed by atoms with Gasteiger partial charge in [0.1, 0.15) is 11.5 Å². The fraction of sp³-hybridized carbons (Fsp3) is 0.533. The molecule has 0 radical (unpaired) electrons. The Morgan fingerprint density at radius 1 is 1.47 bits per heavy atom. The molecule has 1 aromatic carbocycles. The highest BCUT2D eigenvalue weighted by Crippen LogP contribution is 2.25. The molecule has 19 heavy (non-hydrogen) atoms.